The second-order valence-electron chi connectivity index (χ2n) is 4.02. The molecule has 0 aliphatic carbocycles. The molecular weight excluding hydrogens is 232 g/mol. The predicted octanol–water partition coefficient (Wildman–Crippen LogP) is 0.693. The van der Waals surface area contributed by atoms with E-state index in [4.69, 9.17) is 16.0 Å². The van der Waals surface area contributed by atoms with E-state index < -0.39 is 0 Å². The first-order chi connectivity index (χ1) is 8.65. The van der Waals surface area contributed by atoms with Gasteiger partial charge < -0.3 is 20.9 Å². The van der Waals surface area contributed by atoms with Crippen molar-refractivity contribution in [1.29, 1.82) is 0 Å². The third kappa shape index (κ3) is 3.10. The first-order valence-electron chi connectivity index (χ1n) is 5.95. The maximum absolute atomic E-state index is 9.10. The Kier molecular flexibility index (Phi) is 5.38. The molecule has 0 aliphatic heterocycles. The van der Waals surface area contributed by atoms with Crippen LogP contribution in [-0.2, 0) is 0 Å². The van der Waals surface area contributed by atoms with Gasteiger partial charge in [0.15, 0.2) is 5.84 Å². The Bertz CT molecular complexity index is 415. The third-order valence-corrected chi connectivity index (χ3v) is 2.67. The Balaban J connectivity index is 3.24. The molecule has 100 valence electrons. The number of nitrogens with zero attached hydrogens (tertiary/aromatic N) is 3. The van der Waals surface area contributed by atoms with Crippen LogP contribution in [-0.4, -0.2) is 40.8 Å². The van der Waals surface area contributed by atoms with Crippen LogP contribution in [0.15, 0.2) is 17.4 Å². The van der Waals surface area contributed by atoms with Crippen LogP contribution >= 0.6 is 0 Å². The Morgan fingerprint density at radius 2 is 2.22 bits per heavy atom. The fraction of sp³-hybridized carbons (Fsp3) is 0.500. The zero-order chi connectivity index (χ0) is 13.5. The number of amidine groups is 1. The Morgan fingerprint density at radius 1 is 1.50 bits per heavy atom. The van der Waals surface area contributed by atoms with Crippen molar-refractivity contribution in [3.05, 3.63) is 23.4 Å². The Morgan fingerprint density at radius 3 is 2.78 bits per heavy atom. The summed E-state index contributed by atoms with van der Waals surface area (Å²) in [6, 6.07) is 1.81. The average molecular weight is 252 g/mol. The topological polar surface area (TPSA) is 95.0 Å². The molecular formula is C12H20N4O2. The minimum Gasteiger partial charge on any atom is -0.409 e. The third-order valence-electron chi connectivity index (χ3n) is 2.67. The molecule has 18 heavy (non-hydrogen) atoms. The zero-order valence-corrected chi connectivity index (χ0v) is 10.8. The molecule has 0 fully saturated rings. The number of nitrogens with two attached hydrogens (primary N) is 1. The van der Waals surface area contributed by atoms with Gasteiger partial charge in [0, 0.05) is 19.3 Å². The van der Waals surface area contributed by atoms with Crippen LogP contribution in [0.1, 0.15) is 24.5 Å². The van der Waals surface area contributed by atoms with Crippen LogP contribution in [0.5, 0.6) is 0 Å². The number of aromatic nitrogens is 1. The first kappa shape index (κ1) is 14.2. The lowest BCUT2D eigenvalue weighted by molar-refractivity contribution is 0.301. The summed E-state index contributed by atoms with van der Waals surface area (Å²) in [5.41, 5.74) is 7.19. The molecule has 1 aromatic rings. The number of aliphatic hydroxyl groups is 1. The quantitative estimate of drug-likeness (QED) is 0.300. The highest BCUT2D eigenvalue weighted by Crippen LogP contribution is 2.20. The van der Waals surface area contributed by atoms with Crippen molar-refractivity contribution in [3.8, 4) is 0 Å². The highest BCUT2D eigenvalue weighted by atomic mass is 16.4. The summed E-state index contributed by atoms with van der Waals surface area (Å²) in [4.78, 5) is 6.22. The standard InChI is InChI=1S/C12H20N4O2/c1-3-6-16(7-8-17)12-10(11(13)15-18)9(2)4-5-14-12/h4-5,17-18H,3,6-8H2,1-2H3,(H2,13,15). The second-order valence-corrected chi connectivity index (χ2v) is 4.02. The van der Waals surface area contributed by atoms with E-state index in [1.54, 1.807) is 12.3 Å². The Hall–Kier alpha value is -1.82. The summed E-state index contributed by atoms with van der Waals surface area (Å²) in [5, 5.41) is 21.0. The molecule has 1 aromatic heterocycles. The van der Waals surface area contributed by atoms with Crippen molar-refractivity contribution in [2.45, 2.75) is 20.3 Å². The zero-order valence-electron chi connectivity index (χ0n) is 10.8. The van der Waals surface area contributed by atoms with Gasteiger partial charge >= 0.3 is 0 Å². The lowest BCUT2D eigenvalue weighted by Crippen LogP contribution is -2.31. The van der Waals surface area contributed by atoms with E-state index in [-0.39, 0.29) is 12.4 Å². The molecule has 1 heterocycles. The van der Waals surface area contributed by atoms with Crippen LogP contribution in [0.25, 0.3) is 0 Å². The number of aryl methyl sites for hydroxylation is 1. The molecule has 0 aromatic carbocycles. The van der Waals surface area contributed by atoms with Crippen molar-refractivity contribution in [3.63, 3.8) is 0 Å². The molecule has 6 heteroatoms. The number of hydrogen-bond donors (Lipinski definition) is 3. The summed E-state index contributed by atoms with van der Waals surface area (Å²) >= 11 is 0. The molecule has 0 bridgehead atoms. The minimum atomic E-state index is 0.0330. The number of oxime groups is 1. The molecule has 0 atom stereocenters. The summed E-state index contributed by atoms with van der Waals surface area (Å²) in [6.07, 6.45) is 2.60. The largest absolute Gasteiger partial charge is 0.409 e. The van der Waals surface area contributed by atoms with Gasteiger partial charge in [-0.1, -0.05) is 12.1 Å². The SMILES string of the molecule is CCCN(CCO)c1nccc(C)c1/C(N)=N/O. The fourth-order valence-electron chi connectivity index (χ4n) is 1.86. The Labute approximate surface area is 107 Å². The van der Waals surface area contributed by atoms with Gasteiger partial charge in [0.05, 0.1) is 12.2 Å². The van der Waals surface area contributed by atoms with E-state index in [0.29, 0.717) is 17.9 Å². The lowest BCUT2D eigenvalue weighted by atomic mass is 10.1. The van der Waals surface area contributed by atoms with Crippen LogP contribution < -0.4 is 10.6 Å². The van der Waals surface area contributed by atoms with Gasteiger partial charge in [-0.15, -0.1) is 0 Å². The summed E-state index contributed by atoms with van der Waals surface area (Å²) < 4.78 is 0. The first-order valence-corrected chi connectivity index (χ1v) is 5.95. The molecule has 1 rings (SSSR count). The number of pyridine rings is 1. The monoisotopic (exact) mass is 252 g/mol. The normalized spacial score (nSPS) is 11.6. The fourth-order valence-corrected chi connectivity index (χ4v) is 1.86. The van der Waals surface area contributed by atoms with Crippen molar-refractivity contribution < 1.29 is 10.3 Å². The van der Waals surface area contributed by atoms with Gasteiger partial charge in [-0.05, 0) is 25.0 Å². The number of aliphatic hydroxyl groups excluding tert-OH is 1. The maximum atomic E-state index is 9.10. The summed E-state index contributed by atoms with van der Waals surface area (Å²) in [6.45, 7) is 5.18. The second kappa shape index (κ2) is 6.80. The highest BCUT2D eigenvalue weighted by molar-refractivity contribution is 6.02. The van der Waals surface area contributed by atoms with Gasteiger partial charge in [0.25, 0.3) is 0 Å². The smallest absolute Gasteiger partial charge is 0.174 e. The maximum Gasteiger partial charge on any atom is 0.174 e. The molecule has 0 aliphatic rings. The van der Waals surface area contributed by atoms with Gasteiger partial charge in [0.1, 0.15) is 5.82 Å². The van der Waals surface area contributed by atoms with Gasteiger partial charge in [-0.2, -0.15) is 0 Å². The molecule has 0 saturated carbocycles. The molecule has 0 amide bonds. The molecule has 0 saturated heterocycles. The van der Waals surface area contributed by atoms with Crippen molar-refractivity contribution in [2.75, 3.05) is 24.6 Å². The minimum absolute atomic E-state index is 0.0330. The lowest BCUT2D eigenvalue weighted by Gasteiger charge is -2.25. The van der Waals surface area contributed by atoms with E-state index in [9.17, 15) is 0 Å². The average Bonchev–Trinajstić information content (AvgIpc) is 2.37. The number of anilines is 1. The van der Waals surface area contributed by atoms with E-state index in [1.165, 1.54) is 0 Å². The van der Waals surface area contributed by atoms with Crippen LogP contribution in [0, 0.1) is 6.92 Å². The predicted molar refractivity (Wildman–Crippen MR) is 71.1 cm³/mol. The van der Waals surface area contributed by atoms with Gasteiger partial charge in [0.2, 0.25) is 0 Å². The molecule has 6 nitrogen and oxygen atoms in total. The molecule has 0 spiro atoms. The number of hydrogen-bond acceptors (Lipinski definition) is 5. The van der Waals surface area contributed by atoms with E-state index in [2.05, 4.69) is 10.1 Å². The van der Waals surface area contributed by atoms with Gasteiger partial charge in [-0.3, -0.25) is 0 Å². The van der Waals surface area contributed by atoms with Crippen molar-refractivity contribution >= 4 is 11.7 Å². The highest BCUT2D eigenvalue weighted by Gasteiger charge is 2.16. The van der Waals surface area contributed by atoms with Crippen LogP contribution in [0.4, 0.5) is 5.82 Å². The van der Waals surface area contributed by atoms with Crippen molar-refractivity contribution in [2.24, 2.45) is 10.9 Å². The summed E-state index contributed by atoms with van der Waals surface area (Å²) in [7, 11) is 0. The number of rotatable bonds is 6. The summed E-state index contributed by atoms with van der Waals surface area (Å²) in [5.74, 6) is 0.677. The molecule has 0 unspecified atom stereocenters. The van der Waals surface area contributed by atoms with Crippen LogP contribution in [0.3, 0.4) is 0 Å². The molecule has 0 radical (unpaired) electrons. The van der Waals surface area contributed by atoms with Gasteiger partial charge in [-0.25, -0.2) is 4.98 Å². The van der Waals surface area contributed by atoms with Crippen molar-refractivity contribution in [1.82, 2.24) is 4.98 Å². The van der Waals surface area contributed by atoms with E-state index in [1.807, 2.05) is 18.7 Å². The molecule has 4 N–H and O–H groups in total. The van der Waals surface area contributed by atoms with Crippen LogP contribution in [0.2, 0.25) is 0 Å². The van der Waals surface area contributed by atoms with E-state index >= 15 is 0 Å². The van der Waals surface area contributed by atoms with E-state index in [0.717, 1.165) is 18.5 Å².